The monoisotopic (exact) mass is 317 g/mol. The highest BCUT2D eigenvalue weighted by molar-refractivity contribution is 5.68. The molecular formula is C18H27N3O2. The van der Waals surface area contributed by atoms with Crippen molar-refractivity contribution in [3.8, 4) is 0 Å². The number of nitrogens with zero attached hydrogens (tertiary/aromatic N) is 1. The summed E-state index contributed by atoms with van der Waals surface area (Å²) in [6.07, 6.45) is 2.93. The molecule has 1 aromatic rings. The number of hydrogen-bond donors (Lipinski definition) is 2. The van der Waals surface area contributed by atoms with Gasteiger partial charge in [-0.05, 0) is 63.3 Å². The first kappa shape index (κ1) is 16.1. The number of nitrogen functional groups attached to an aromatic ring is 1. The standard InChI is InChI=1S/C18H27N3O2/c1-18(2,3)23-17(22)21-9-8-14(11-21)20-16-7-4-12-10-13(19)5-6-15(12)16/h5-6,10,14,16,20H,4,7-9,11,19H2,1-3H3. The summed E-state index contributed by atoms with van der Waals surface area (Å²) in [5.74, 6) is 0. The molecule has 0 spiro atoms. The second kappa shape index (κ2) is 6.04. The van der Waals surface area contributed by atoms with Gasteiger partial charge in [0.05, 0.1) is 0 Å². The van der Waals surface area contributed by atoms with Crippen LogP contribution in [0.5, 0.6) is 0 Å². The SMILES string of the molecule is CC(C)(C)OC(=O)N1CCC(NC2CCc3cc(N)ccc32)C1. The first-order valence-corrected chi connectivity index (χ1v) is 8.44. The highest BCUT2D eigenvalue weighted by atomic mass is 16.6. The Morgan fingerprint density at radius 1 is 1.35 bits per heavy atom. The Hall–Kier alpha value is -1.75. The van der Waals surface area contributed by atoms with Gasteiger partial charge in [0.15, 0.2) is 0 Å². The van der Waals surface area contributed by atoms with Crippen molar-refractivity contribution in [2.75, 3.05) is 18.8 Å². The molecule has 1 fully saturated rings. The molecule has 1 aliphatic heterocycles. The molecule has 5 heteroatoms. The molecule has 1 amide bonds. The van der Waals surface area contributed by atoms with Crippen LogP contribution in [-0.4, -0.2) is 35.7 Å². The Kier molecular flexibility index (Phi) is 4.23. The van der Waals surface area contributed by atoms with Crippen LogP contribution in [0.25, 0.3) is 0 Å². The van der Waals surface area contributed by atoms with Gasteiger partial charge in [-0.1, -0.05) is 6.07 Å². The lowest BCUT2D eigenvalue weighted by atomic mass is 10.1. The smallest absolute Gasteiger partial charge is 0.410 e. The largest absolute Gasteiger partial charge is 0.444 e. The second-order valence-electron chi connectivity index (χ2n) is 7.63. The molecule has 0 saturated carbocycles. The fourth-order valence-electron chi connectivity index (χ4n) is 3.48. The van der Waals surface area contributed by atoms with E-state index >= 15 is 0 Å². The molecule has 1 heterocycles. The first-order valence-electron chi connectivity index (χ1n) is 8.44. The summed E-state index contributed by atoms with van der Waals surface area (Å²) < 4.78 is 5.45. The molecule has 2 unspecified atom stereocenters. The molecule has 2 aliphatic rings. The Bertz CT molecular complexity index is 594. The molecular weight excluding hydrogens is 290 g/mol. The quantitative estimate of drug-likeness (QED) is 0.823. The highest BCUT2D eigenvalue weighted by Gasteiger charge is 2.32. The van der Waals surface area contributed by atoms with Crippen molar-refractivity contribution in [2.24, 2.45) is 0 Å². The summed E-state index contributed by atoms with van der Waals surface area (Å²) in [6, 6.07) is 6.89. The van der Waals surface area contributed by atoms with E-state index in [1.54, 1.807) is 0 Å². The van der Waals surface area contributed by atoms with Gasteiger partial charge in [-0.15, -0.1) is 0 Å². The van der Waals surface area contributed by atoms with Gasteiger partial charge in [-0.25, -0.2) is 4.79 Å². The number of fused-ring (bicyclic) bond motifs is 1. The third kappa shape index (κ3) is 3.78. The zero-order valence-electron chi connectivity index (χ0n) is 14.3. The van der Waals surface area contributed by atoms with Gasteiger partial charge in [0.1, 0.15) is 5.60 Å². The van der Waals surface area contributed by atoms with E-state index in [4.69, 9.17) is 10.5 Å². The third-order valence-corrected chi connectivity index (χ3v) is 4.52. The molecule has 3 N–H and O–H groups in total. The second-order valence-corrected chi connectivity index (χ2v) is 7.63. The summed E-state index contributed by atoms with van der Waals surface area (Å²) in [7, 11) is 0. The normalized spacial score (nSPS) is 23.9. The van der Waals surface area contributed by atoms with Crippen molar-refractivity contribution >= 4 is 11.8 Å². The zero-order chi connectivity index (χ0) is 16.6. The number of hydrogen-bond acceptors (Lipinski definition) is 4. The van der Waals surface area contributed by atoms with E-state index in [1.807, 2.05) is 31.7 Å². The predicted octanol–water partition coefficient (Wildman–Crippen LogP) is 2.86. The molecule has 126 valence electrons. The number of rotatable bonds is 2. The van der Waals surface area contributed by atoms with E-state index in [1.165, 1.54) is 11.1 Å². The van der Waals surface area contributed by atoms with Crippen LogP contribution in [0.3, 0.4) is 0 Å². The lowest BCUT2D eigenvalue weighted by molar-refractivity contribution is 0.0290. The lowest BCUT2D eigenvalue weighted by Crippen LogP contribution is -2.39. The van der Waals surface area contributed by atoms with E-state index in [0.717, 1.165) is 38.0 Å². The van der Waals surface area contributed by atoms with Crippen LogP contribution in [0.1, 0.15) is 50.8 Å². The van der Waals surface area contributed by atoms with Crippen molar-refractivity contribution in [1.82, 2.24) is 10.2 Å². The van der Waals surface area contributed by atoms with Crippen molar-refractivity contribution in [3.05, 3.63) is 29.3 Å². The molecule has 1 aliphatic carbocycles. The van der Waals surface area contributed by atoms with E-state index in [9.17, 15) is 4.79 Å². The number of ether oxygens (including phenoxy) is 1. The van der Waals surface area contributed by atoms with Crippen molar-refractivity contribution in [1.29, 1.82) is 0 Å². The number of likely N-dealkylation sites (tertiary alicyclic amines) is 1. The van der Waals surface area contributed by atoms with Gasteiger partial charge in [0, 0.05) is 30.9 Å². The Morgan fingerprint density at radius 2 is 2.13 bits per heavy atom. The molecule has 2 atom stereocenters. The molecule has 5 nitrogen and oxygen atoms in total. The maximum atomic E-state index is 12.1. The topological polar surface area (TPSA) is 67.6 Å². The van der Waals surface area contributed by atoms with Gasteiger partial charge >= 0.3 is 6.09 Å². The summed E-state index contributed by atoms with van der Waals surface area (Å²) in [5, 5.41) is 3.71. The number of aryl methyl sites for hydroxylation is 1. The van der Waals surface area contributed by atoms with Crippen molar-refractivity contribution in [2.45, 2.75) is 57.7 Å². The minimum Gasteiger partial charge on any atom is -0.444 e. The van der Waals surface area contributed by atoms with Gasteiger partial charge in [-0.2, -0.15) is 0 Å². The fraction of sp³-hybridized carbons (Fsp3) is 0.611. The Balaban J connectivity index is 1.56. The number of nitrogens with two attached hydrogens (primary N) is 1. The molecule has 0 bridgehead atoms. The zero-order valence-corrected chi connectivity index (χ0v) is 14.3. The first-order chi connectivity index (χ1) is 10.8. The van der Waals surface area contributed by atoms with Crippen molar-refractivity contribution in [3.63, 3.8) is 0 Å². The van der Waals surface area contributed by atoms with Crippen LogP contribution in [0.2, 0.25) is 0 Å². The van der Waals surface area contributed by atoms with E-state index < -0.39 is 5.60 Å². The number of nitrogens with one attached hydrogen (secondary N) is 1. The highest BCUT2D eigenvalue weighted by Crippen LogP contribution is 2.33. The maximum absolute atomic E-state index is 12.1. The van der Waals surface area contributed by atoms with E-state index in [0.29, 0.717) is 12.1 Å². The molecule has 1 aromatic carbocycles. The Morgan fingerprint density at radius 3 is 2.87 bits per heavy atom. The lowest BCUT2D eigenvalue weighted by Gasteiger charge is -2.25. The van der Waals surface area contributed by atoms with Crippen molar-refractivity contribution < 1.29 is 9.53 Å². The molecule has 23 heavy (non-hydrogen) atoms. The molecule has 0 aromatic heterocycles. The summed E-state index contributed by atoms with van der Waals surface area (Å²) >= 11 is 0. The molecule has 1 saturated heterocycles. The minimum absolute atomic E-state index is 0.207. The molecule has 0 radical (unpaired) electrons. The van der Waals surface area contributed by atoms with Crippen LogP contribution in [-0.2, 0) is 11.2 Å². The van der Waals surface area contributed by atoms with Gasteiger partial charge < -0.3 is 20.7 Å². The Labute approximate surface area is 138 Å². The van der Waals surface area contributed by atoms with Crippen LogP contribution < -0.4 is 11.1 Å². The maximum Gasteiger partial charge on any atom is 0.410 e. The summed E-state index contributed by atoms with van der Waals surface area (Å²) in [6.45, 7) is 7.18. The van der Waals surface area contributed by atoms with Crippen LogP contribution >= 0.6 is 0 Å². The van der Waals surface area contributed by atoms with E-state index in [2.05, 4.69) is 17.4 Å². The number of carbonyl (C=O) groups excluding carboxylic acids is 1. The fourth-order valence-corrected chi connectivity index (χ4v) is 3.48. The summed E-state index contributed by atoms with van der Waals surface area (Å²) in [4.78, 5) is 13.9. The van der Waals surface area contributed by atoms with Gasteiger partial charge in [-0.3, -0.25) is 0 Å². The molecule has 3 rings (SSSR count). The number of amides is 1. The number of anilines is 1. The average molecular weight is 317 g/mol. The minimum atomic E-state index is -0.438. The van der Waals surface area contributed by atoms with E-state index in [-0.39, 0.29) is 6.09 Å². The average Bonchev–Trinajstić information content (AvgIpc) is 3.05. The van der Waals surface area contributed by atoms with Gasteiger partial charge in [0.25, 0.3) is 0 Å². The summed E-state index contributed by atoms with van der Waals surface area (Å²) in [5.41, 5.74) is 8.97. The van der Waals surface area contributed by atoms with Gasteiger partial charge in [0.2, 0.25) is 0 Å². The number of benzene rings is 1. The number of carbonyl (C=O) groups is 1. The van der Waals surface area contributed by atoms with Crippen LogP contribution in [0.4, 0.5) is 10.5 Å². The van der Waals surface area contributed by atoms with Crippen LogP contribution in [0.15, 0.2) is 18.2 Å². The predicted molar refractivity (Wildman–Crippen MR) is 91.3 cm³/mol. The van der Waals surface area contributed by atoms with Crippen LogP contribution in [0, 0.1) is 0 Å². The third-order valence-electron chi connectivity index (χ3n) is 4.52.